The van der Waals surface area contributed by atoms with E-state index in [0.717, 1.165) is 11.1 Å². The quantitative estimate of drug-likeness (QED) is 0.720. The number of aromatic nitrogens is 2. The second-order valence-electron chi connectivity index (χ2n) is 5.22. The van der Waals surface area contributed by atoms with Crippen molar-refractivity contribution in [3.8, 4) is 11.8 Å². The Labute approximate surface area is 138 Å². The molecule has 6 nitrogen and oxygen atoms in total. The SMILES string of the molecule is COc1cc(C#N)ccc1Cn1nc(Cc2ccccc2)oc1=O. The van der Waals surface area contributed by atoms with Gasteiger partial charge in [0.05, 0.1) is 31.7 Å². The number of benzene rings is 2. The van der Waals surface area contributed by atoms with E-state index in [1.165, 1.54) is 11.8 Å². The van der Waals surface area contributed by atoms with Crippen LogP contribution in [0, 0.1) is 11.3 Å². The van der Waals surface area contributed by atoms with Gasteiger partial charge in [-0.05, 0) is 17.7 Å². The Hall–Kier alpha value is -3.33. The van der Waals surface area contributed by atoms with Crippen LogP contribution in [0.5, 0.6) is 5.75 Å². The fourth-order valence-electron chi connectivity index (χ4n) is 2.40. The van der Waals surface area contributed by atoms with Gasteiger partial charge in [-0.3, -0.25) is 0 Å². The van der Waals surface area contributed by atoms with Gasteiger partial charge in [-0.25, -0.2) is 4.79 Å². The van der Waals surface area contributed by atoms with Crippen molar-refractivity contribution in [3.63, 3.8) is 0 Å². The molecule has 0 radical (unpaired) electrons. The molecule has 0 fully saturated rings. The Balaban J connectivity index is 1.84. The summed E-state index contributed by atoms with van der Waals surface area (Å²) >= 11 is 0. The molecule has 24 heavy (non-hydrogen) atoms. The number of methoxy groups -OCH3 is 1. The number of nitriles is 1. The fourth-order valence-corrected chi connectivity index (χ4v) is 2.40. The number of nitrogens with zero attached hydrogens (tertiary/aromatic N) is 3. The summed E-state index contributed by atoms with van der Waals surface area (Å²) in [4.78, 5) is 12.0. The van der Waals surface area contributed by atoms with E-state index in [9.17, 15) is 4.79 Å². The van der Waals surface area contributed by atoms with Gasteiger partial charge in [-0.2, -0.15) is 9.94 Å². The average molecular weight is 321 g/mol. The fraction of sp³-hybridized carbons (Fsp3) is 0.167. The summed E-state index contributed by atoms with van der Waals surface area (Å²) in [5.74, 6) is 0.375. The molecule has 3 rings (SSSR count). The maximum atomic E-state index is 12.0. The van der Waals surface area contributed by atoms with E-state index in [2.05, 4.69) is 11.2 Å². The van der Waals surface area contributed by atoms with Gasteiger partial charge in [0, 0.05) is 5.56 Å². The lowest BCUT2D eigenvalue weighted by atomic mass is 10.1. The van der Waals surface area contributed by atoms with Crippen LogP contribution in [0.4, 0.5) is 0 Å². The lowest BCUT2D eigenvalue weighted by Gasteiger charge is -2.07. The van der Waals surface area contributed by atoms with Crippen LogP contribution in [-0.4, -0.2) is 16.9 Å². The van der Waals surface area contributed by atoms with Gasteiger partial charge < -0.3 is 9.15 Å². The molecule has 3 aromatic rings. The molecule has 0 N–H and O–H groups in total. The number of rotatable bonds is 5. The van der Waals surface area contributed by atoms with Crippen LogP contribution in [0.1, 0.15) is 22.6 Å². The molecule has 0 amide bonds. The number of hydrogen-bond donors (Lipinski definition) is 0. The van der Waals surface area contributed by atoms with Crippen molar-refractivity contribution in [1.82, 2.24) is 9.78 Å². The van der Waals surface area contributed by atoms with E-state index in [0.29, 0.717) is 23.6 Å². The maximum absolute atomic E-state index is 12.0. The van der Waals surface area contributed by atoms with Crippen LogP contribution >= 0.6 is 0 Å². The molecule has 0 saturated carbocycles. The van der Waals surface area contributed by atoms with Crippen LogP contribution < -0.4 is 10.5 Å². The largest absolute Gasteiger partial charge is 0.496 e. The summed E-state index contributed by atoms with van der Waals surface area (Å²) in [5, 5.41) is 13.2. The molecule has 0 saturated heterocycles. The highest BCUT2D eigenvalue weighted by molar-refractivity contribution is 5.42. The second-order valence-corrected chi connectivity index (χ2v) is 5.22. The zero-order valence-electron chi connectivity index (χ0n) is 13.1. The molecule has 0 unspecified atom stereocenters. The van der Waals surface area contributed by atoms with E-state index < -0.39 is 5.76 Å². The molecule has 6 heteroatoms. The van der Waals surface area contributed by atoms with Crippen LogP contribution in [0.3, 0.4) is 0 Å². The predicted molar refractivity (Wildman–Crippen MR) is 86.8 cm³/mol. The third kappa shape index (κ3) is 3.36. The summed E-state index contributed by atoms with van der Waals surface area (Å²) in [7, 11) is 1.52. The van der Waals surface area contributed by atoms with Crippen LogP contribution in [0.15, 0.2) is 57.7 Å². The van der Waals surface area contributed by atoms with Crippen molar-refractivity contribution in [3.05, 3.63) is 81.7 Å². The molecular weight excluding hydrogens is 306 g/mol. The molecule has 0 aliphatic rings. The Morgan fingerprint density at radius 3 is 2.75 bits per heavy atom. The van der Waals surface area contributed by atoms with E-state index in [1.54, 1.807) is 18.2 Å². The molecule has 2 aromatic carbocycles. The lowest BCUT2D eigenvalue weighted by molar-refractivity contribution is 0.405. The Kier molecular flexibility index (Phi) is 4.43. The average Bonchev–Trinajstić information content (AvgIpc) is 2.95. The van der Waals surface area contributed by atoms with Crippen molar-refractivity contribution in [2.24, 2.45) is 0 Å². The van der Waals surface area contributed by atoms with Crippen LogP contribution in [-0.2, 0) is 13.0 Å². The van der Waals surface area contributed by atoms with Gasteiger partial charge in [-0.15, -0.1) is 5.10 Å². The monoisotopic (exact) mass is 321 g/mol. The predicted octanol–water partition coefficient (Wildman–Crippen LogP) is 2.36. The molecule has 1 heterocycles. The summed E-state index contributed by atoms with van der Waals surface area (Å²) in [6, 6.07) is 16.8. The van der Waals surface area contributed by atoms with Crippen LogP contribution in [0.2, 0.25) is 0 Å². The summed E-state index contributed by atoms with van der Waals surface area (Å²) < 4.78 is 11.7. The number of hydrogen-bond acceptors (Lipinski definition) is 5. The molecular formula is C18H15N3O3. The molecule has 120 valence electrons. The van der Waals surface area contributed by atoms with Gasteiger partial charge in [0.15, 0.2) is 0 Å². The van der Waals surface area contributed by atoms with Gasteiger partial charge in [0.2, 0.25) is 5.89 Å². The highest BCUT2D eigenvalue weighted by Gasteiger charge is 2.12. The summed E-state index contributed by atoms with van der Waals surface area (Å²) in [6.07, 6.45) is 0.452. The van der Waals surface area contributed by atoms with E-state index in [-0.39, 0.29) is 6.54 Å². The van der Waals surface area contributed by atoms with Gasteiger partial charge in [0.1, 0.15) is 5.75 Å². The van der Waals surface area contributed by atoms with E-state index >= 15 is 0 Å². The highest BCUT2D eigenvalue weighted by atomic mass is 16.5. The Morgan fingerprint density at radius 1 is 1.25 bits per heavy atom. The zero-order chi connectivity index (χ0) is 16.9. The van der Waals surface area contributed by atoms with Crippen molar-refractivity contribution >= 4 is 0 Å². The zero-order valence-corrected chi connectivity index (χ0v) is 13.1. The minimum Gasteiger partial charge on any atom is -0.496 e. The Morgan fingerprint density at radius 2 is 2.04 bits per heavy atom. The molecule has 1 aromatic heterocycles. The smallest absolute Gasteiger partial charge is 0.437 e. The Bertz CT molecular complexity index is 936. The first-order valence-electron chi connectivity index (χ1n) is 7.37. The molecule has 0 bridgehead atoms. The molecule has 0 spiro atoms. The van der Waals surface area contributed by atoms with E-state index in [4.69, 9.17) is 14.4 Å². The molecule has 0 aliphatic heterocycles. The second kappa shape index (κ2) is 6.84. The first kappa shape index (κ1) is 15.6. The van der Waals surface area contributed by atoms with Crippen molar-refractivity contribution in [1.29, 1.82) is 5.26 Å². The minimum atomic E-state index is -0.521. The van der Waals surface area contributed by atoms with Gasteiger partial charge in [-0.1, -0.05) is 36.4 Å². The van der Waals surface area contributed by atoms with Crippen molar-refractivity contribution in [2.45, 2.75) is 13.0 Å². The molecule has 0 aliphatic carbocycles. The summed E-state index contributed by atoms with van der Waals surface area (Å²) in [5.41, 5.74) is 2.26. The third-order valence-corrected chi connectivity index (χ3v) is 3.58. The topological polar surface area (TPSA) is 81.0 Å². The first-order valence-corrected chi connectivity index (χ1v) is 7.37. The highest BCUT2D eigenvalue weighted by Crippen LogP contribution is 2.20. The van der Waals surface area contributed by atoms with E-state index in [1.807, 2.05) is 30.3 Å². The molecule has 0 atom stereocenters. The first-order chi connectivity index (χ1) is 11.7. The lowest BCUT2D eigenvalue weighted by Crippen LogP contribution is -2.17. The summed E-state index contributed by atoms with van der Waals surface area (Å²) in [6.45, 7) is 0.214. The standard InChI is InChI=1S/C18H15N3O3/c1-23-16-9-14(11-19)7-8-15(16)12-21-18(22)24-17(20-21)10-13-5-3-2-4-6-13/h2-9H,10,12H2,1H3. The van der Waals surface area contributed by atoms with Crippen molar-refractivity contribution < 1.29 is 9.15 Å². The van der Waals surface area contributed by atoms with Gasteiger partial charge in [0.25, 0.3) is 0 Å². The number of ether oxygens (including phenoxy) is 1. The van der Waals surface area contributed by atoms with Crippen LogP contribution in [0.25, 0.3) is 0 Å². The van der Waals surface area contributed by atoms with Gasteiger partial charge >= 0.3 is 5.76 Å². The maximum Gasteiger partial charge on any atom is 0.437 e. The third-order valence-electron chi connectivity index (χ3n) is 3.58. The minimum absolute atomic E-state index is 0.214. The van der Waals surface area contributed by atoms with Crippen molar-refractivity contribution in [2.75, 3.05) is 7.11 Å². The normalized spacial score (nSPS) is 10.3.